The van der Waals surface area contributed by atoms with Gasteiger partial charge in [-0.2, -0.15) is 8.75 Å². The van der Waals surface area contributed by atoms with Crippen molar-refractivity contribution in [1.82, 2.24) is 18.5 Å². The molecule has 0 radical (unpaired) electrons. The monoisotopic (exact) mass is 410 g/mol. The molecule has 0 atom stereocenters. The number of carbonyl (C=O) groups excluding carboxylic acids is 1. The van der Waals surface area contributed by atoms with Crippen LogP contribution < -0.4 is 10.2 Å². The first-order chi connectivity index (χ1) is 14.1. The maximum absolute atomic E-state index is 12.4. The van der Waals surface area contributed by atoms with Gasteiger partial charge in [0.15, 0.2) is 0 Å². The molecule has 0 bridgehead atoms. The van der Waals surface area contributed by atoms with Crippen LogP contribution in [0.15, 0.2) is 42.5 Å². The molecule has 1 saturated heterocycles. The Bertz CT molecular complexity index is 963. The molecule has 8 heteroatoms. The number of carbonyl (C=O) groups is 1. The Morgan fingerprint density at radius 2 is 1.69 bits per heavy atom. The second-order valence-corrected chi connectivity index (χ2v) is 8.16. The molecule has 0 spiro atoms. The Morgan fingerprint density at radius 1 is 1.00 bits per heavy atom. The van der Waals surface area contributed by atoms with Crippen LogP contribution >= 0.6 is 11.7 Å². The summed E-state index contributed by atoms with van der Waals surface area (Å²) >= 11 is 1.18. The number of anilines is 2. The average Bonchev–Trinajstić information content (AvgIpc) is 3.18. The van der Waals surface area contributed by atoms with E-state index < -0.39 is 0 Å². The van der Waals surface area contributed by atoms with E-state index >= 15 is 0 Å². The predicted octanol–water partition coefficient (Wildman–Crippen LogP) is 2.51. The minimum absolute atomic E-state index is 0.0141. The van der Waals surface area contributed by atoms with Crippen LogP contribution in [0.4, 0.5) is 11.4 Å². The van der Waals surface area contributed by atoms with Crippen LogP contribution in [0.1, 0.15) is 5.56 Å². The Morgan fingerprint density at radius 3 is 2.41 bits per heavy atom. The number of nitrogens with one attached hydrogen (secondary N) is 1. The molecule has 2 heterocycles. The molecule has 0 aliphatic carbocycles. The van der Waals surface area contributed by atoms with Crippen molar-refractivity contribution in [2.24, 2.45) is 0 Å². The molecule has 29 heavy (non-hydrogen) atoms. The number of benzene rings is 2. The Kier molecular flexibility index (Phi) is 6.03. The van der Waals surface area contributed by atoms with E-state index in [-0.39, 0.29) is 5.91 Å². The number of rotatable bonds is 6. The lowest BCUT2D eigenvalue weighted by Gasteiger charge is -2.34. The van der Waals surface area contributed by atoms with Crippen molar-refractivity contribution in [3.8, 4) is 0 Å². The lowest BCUT2D eigenvalue weighted by Crippen LogP contribution is -2.48. The number of piperazine rings is 1. The molecule has 7 nitrogen and oxygen atoms in total. The summed E-state index contributed by atoms with van der Waals surface area (Å²) in [7, 11) is 4.11. The van der Waals surface area contributed by atoms with E-state index in [1.165, 1.54) is 23.0 Å². The molecular weight excluding hydrogens is 384 g/mol. The number of aromatic nitrogens is 2. The number of hydrogen-bond donors (Lipinski definition) is 1. The smallest absolute Gasteiger partial charge is 0.238 e. The molecule has 1 amide bonds. The van der Waals surface area contributed by atoms with Gasteiger partial charge in [0.05, 0.1) is 18.3 Å². The third kappa shape index (κ3) is 5.09. The van der Waals surface area contributed by atoms with Crippen molar-refractivity contribution in [2.75, 3.05) is 57.0 Å². The summed E-state index contributed by atoms with van der Waals surface area (Å²) in [6.07, 6.45) is 0. The van der Waals surface area contributed by atoms with Gasteiger partial charge in [-0.3, -0.25) is 14.6 Å². The maximum Gasteiger partial charge on any atom is 0.238 e. The Hall–Kier alpha value is -2.55. The van der Waals surface area contributed by atoms with Crippen molar-refractivity contribution in [2.45, 2.75) is 6.54 Å². The molecular formula is C21H26N6OS. The topological polar surface area (TPSA) is 64.6 Å². The van der Waals surface area contributed by atoms with Gasteiger partial charge in [0.2, 0.25) is 5.91 Å². The quantitative estimate of drug-likeness (QED) is 0.674. The molecule has 1 N–H and O–H groups in total. The predicted molar refractivity (Wildman–Crippen MR) is 119 cm³/mol. The summed E-state index contributed by atoms with van der Waals surface area (Å²) in [5.41, 5.74) is 5.00. The number of nitrogens with zero attached hydrogens (tertiary/aromatic N) is 5. The lowest BCUT2D eigenvalue weighted by atomic mass is 10.1. The highest BCUT2D eigenvalue weighted by molar-refractivity contribution is 7.00. The summed E-state index contributed by atoms with van der Waals surface area (Å²) in [6, 6.07) is 14.4. The van der Waals surface area contributed by atoms with Crippen LogP contribution in [0, 0.1) is 0 Å². The first kappa shape index (κ1) is 19.8. The summed E-state index contributed by atoms with van der Waals surface area (Å²) in [5, 5.41) is 2.98. The second-order valence-electron chi connectivity index (χ2n) is 7.63. The standard InChI is InChI=1S/C21H26N6OS/c1-25(2)18-6-3-16(4-7-18)14-26-9-11-27(12-10-26)15-21(28)22-17-5-8-19-20(13-17)24-29-23-19/h3-8,13H,9-12,14-15H2,1-2H3,(H,22,28). The Labute approximate surface area is 175 Å². The second kappa shape index (κ2) is 8.86. The lowest BCUT2D eigenvalue weighted by molar-refractivity contribution is -0.117. The van der Waals surface area contributed by atoms with E-state index in [9.17, 15) is 4.79 Å². The van der Waals surface area contributed by atoms with Crippen LogP contribution in [-0.4, -0.2) is 71.3 Å². The van der Waals surface area contributed by atoms with Crippen LogP contribution in [0.2, 0.25) is 0 Å². The van der Waals surface area contributed by atoms with Crippen molar-refractivity contribution in [3.05, 3.63) is 48.0 Å². The highest BCUT2D eigenvalue weighted by atomic mass is 32.1. The highest BCUT2D eigenvalue weighted by Gasteiger charge is 2.19. The van der Waals surface area contributed by atoms with Crippen LogP contribution in [0.25, 0.3) is 11.0 Å². The summed E-state index contributed by atoms with van der Waals surface area (Å²) in [5.74, 6) is 0.0141. The van der Waals surface area contributed by atoms with Crippen LogP contribution in [0.5, 0.6) is 0 Å². The molecule has 2 aromatic carbocycles. The van der Waals surface area contributed by atoms with Crippen molar-refractivity contribution in [1.29, 1.82) is 0 Å². The van der Waals surface area contributed by atoms with Gasteiger partial charge in [0.1, 0.15) is 11.0 Å². The molecule has 1 fully saturated rings. The first-order valence-corrected chi connectivity index (χ1v) is 10.5. The number of fused-ring (bicyclic) bond motifs is 1. The van der Waals surface area contributed by atoms with Crippen molar-refractivity contribution < 1.29 is 4.79 Å². The molecule has 152 valence electrons. The van der Waals surface area contributed by atoms with Gasteiger partial charge in [-0.15, -0.1) is 0 Å². The molecule has 0 saturated carbocycles. The minimum atomic E-state index is 0.0141. The van der Waals surface area contributed by atoms with E-state index in [0.29, 0.717) is 6.54 Å². The Balaban J connectivity index is 1.23. The number of hydrogen-bond acceptors (Lipinski definition) is 7. The summed E-state index contributed by atoms with van der Waals surface area (Å²) in [4.78, 5) is 19.2. The fourth-order valence-corrected chi connectivity index (χ4v) is 4.04. The van der Waals surface area contributed by atoms with E-state index in [0.717, 1.165) is 49.4 Å². The normalized spacial score (nSPS) is 15.5. The van der Waals surface area contributed by atoms with Gasteiger partial charge in [0, 0.05) is 58.2 Å². The fourth-order valence-electron chi connectivity index (χ4n) is 3.53. The van der Waals surface area contributed by atoms with Gasteiger partial charge in [-0.25, -0.2) is 0 Å². The molecule has 1 aliphatic heterocycles. The summed E-state index contributed by atoms with van der Waals surface area (Å²) in [6.45, 7) is 5.11. The molecule has 0 unspecified atom stereocenters. The highest BCUT2D eigenvalue weighted by Crippen LogP contribution is 2.17. The van der Waals surface area contributed by atoms with Gasteiger partial charge >= 0.3 is 0 Å². The minimum Gasteiger partial charge on any atom is -0.378 e. The maximum atomic E-state index is 12.4. The molecule has 1 aliphatic rings. The third-order valence-electron chi connectivity index (χ3n) is 5.23. The van der Waals surface area contributed by atoms with Crippen molar-refractivity contribution in [3.63, 3.8) is 0 Å². The first-order valence-electron chi connectivity index (χ1n) is 9.80. The van der Waals surface area contributed by atoms with Crippen molar-refractivity contribution >= 4 is 40.0 Å². The zero-order chi connectivity index (χ0) is 20.2. The zero-order valence-corrected chi connectivity index (χ0v) is 17.7. The number of amides is 1. The molecule has 4 rings (SSSR count). The molecule has 3 aromatic rings. The van der Waals surface area contributed by atoms with E-state index in [4.69, 9.17) is 0 Å². The van der Waals surface area contributed by atoms with Gasteiger partial charge in [-0.1, -0.05) is 12.1 Å². The largest absolute Gasteiger partial charge is 0.378 e. The fraction of sp³-hybridized carbons (Fsp3) is 0.381. The van der Waals surface area contributed by atoms with E-state index in [1.54, 1.807) is 0 Å². The van der Waals surface area contributed by atoms with Gasteiger partial charge < -0.3 is 10.2 Å². The third-order valence-corrected chi connectivity index (χ3v) is 5.79. The summed E-state index contributed by atoms with van der Waals surface area (Å²) < 4.78 is 8.40. The van der Waals surface area contributed by atoms with E-state index in [2.05, 4.69) is 67.1 Å². The van der Waals surface area contributed by atoms with Crippen LogP contribution in [0.3, 0.4) is 0 Å². The van der Waals surface area contributed by atoms with E-state index in [1.807, 2.05) is 18.2 Å². The van der Waals surface area contributed by atoms with Crippen LogP contribution in [-0.2, 0) is 11.3 Å². The van der Waals surface area contributed by atoms with Gasteiger partial charge in [0.25, 0.3) is 0 Å². The van der Waals surface area contributed by atoms with Gasteiger partial charge in [-0.05, 0) is 35.9 Å². The zero-order valence-electron chi connectivity index (χ0n) is 16.8. The molecule has 1 aromatic heterocycles. The SMILES string of the molecule is CN(C)c1ccc(CN2CCN(CC(=O)Nc3ccc4nsnc4c3)CC2)cc1. The average molecular weight is 411 g/mol.